The van der Waals surface area contributed by atoms with Gasteiger partial charge < -0.3 is 10.2 Å². The molecule has 0 saturated heterocycles. The minimum atomic E-state index is -0.789. The van der Waals surface area contributed by atoms with Crippen molar-refractivity contribution in [3.63, 3.8) is 0 Å². The molecular weight excluding hydrogens is 226 g/mol. The Morgan fingerprint density at radius 1 is 1.17 bits per heavy atom. The molecule has 0 bridgehead atoms. The Bertz CT molecular complexity index is 578. The molecule has 2 atom stereocenters. The number of aryl methyl sites for hydroxylation is 1. The van der Waals surface area contributed by atoms with Gasteiger partial charge in [0.05, 0.1) is 11.6 Å². The van der Waals surface area contributed by atoms with Crippen LogP contribution >= 0.6 is 0 Å². The fourth-order valence-electron chi connectivity index (χ4n) is 2.32. The van der Waals surface area contributed by atoms with E-state index in [-0.39, 0.29) is 5.92 Å². The zero-order chi connectivity index (χ0) is 12.7. The van der Waals surface area contributed by atoms with Crippen LogP contribution in [0.15, 0.2) is 30.3 Å². The van der Waals surface area contributed by atoms with Gasteiger partial charge in [-0.1, -0.05) is 12.1 Å². The summed E-state index contributed by atoms with van der Waals surface area (Å²) >= 11 is 0. The predicted octanol–water partition coefficient (Wildman–Crippen LogP) is 2.35. The molecule has 2 N–H and O–H groups in total. The molecule has 0 radical (unpaired) electrons. The van der Waals surface area contributed by atoms with Gasteiger partial charge in [0.1, 0.15) is 6.10 Å². The third-order valence-electron chi connectivity index (χ3n) is 3.62. The first-order valence-electron chi connectivity index (χ1n) is 6.38. The summed E-state index contributed by atoms with van der Waals surface area (Å²) in [5.74, 6) is 0.270. The number of hydrogen-bond donors (Lipinski definition) is 2. The number of aliphatic hydroxyl groups is 2. The van der Waals surface area contributed by atoms with Gasteiger partial charge in [-0.2, -0.15) is 0 Å². The highest BCUT2D eigenvalue weighted by molar-refractivity contribution is 5.79. The van der Waals surface area contributed by atoms with Gasteiger partial charge in [-0.3, -0.25) is 4.98 Å². The first-order valence-corrected chi connectivity index (χ1v) is 6.38. The van der Waals surface area contributed by atoms with Gasteiger partial charge in [-0.05, 0) is 49.4 Å². The Kier molecular flexibility index (Phi) is 2.80. The largest absolute Gasteiger partial charge is 0.390 e. The van der Waals surface area contributed by atoms with E-state index in [2.05, 4.69) is 4.98 Å². The Hall–Kier alpha value is -1.45. The maximum absolute atomic E-state index is 10.1. The summed E-state index contributed by atoms with van der Waals surface area (Å²) in [5, 5.41) is 21.1. The quantitative estimate of drug-likeness (QED) is 0.870. The maximum Gasteiger partial charge on any atom is 0.105 e. The molecule has 3 nitrogen and oxygen atoms in total. The Morgan fingerprint density at radius 3 is 2.67 bits per heavy atom. The number of rotatable bonds is 3. The summed E-state index contributed by atoms with van der Waals surface area (Å²) in [6.07, 6.45) is 0.614. The molecule has 1 fully saturated rings. The molecule has 0 aliphatic heterocycles. The molecule has 1 aromatic heterocycles. The lowest BCUT2D eigenvalue weighted by Gasteiger charge is -2.18. The van der Waals surface area contributed by atoms with E-state index in [1.807, 2.05) is 37.3 Å². The summed E-state index contributed by atoms with van der Waals surface area (Å²) in [4.78, 5) is 4.42. The van der Waals surface area contributed by atoms with E-state index in [0.29, 0.717) is 0 Å². The normalized spacial score (nSPS) is 18.8. The molecule has 1 aliphatic carbocycles. The van der Waals surface area contributed by atoms with E-state index >= 15 is 0 Å². The molecular formula is C15H17NO2. The SMILES string of the molecule is Cc1ccc2cc(C(O)C(O)C3CC3)ccc2n1. The topological polar surface area (TPSA) is 53.4 Å². The van der Waals surface area contributed by atoms with Gasteiger partial charge in [0.15, 0.2) is 0 Å². The number of pyridine rings is 1. The summed E-state index contributed by atoms with van der Waals surface area (Å²) < 4.78 is 0. The van der Waals surface area contributed by atoms with Crippen LogP contribution in [0.2, 0.25) is 0 Å². The predicted molar refractivity (Wildman–Crippen MR) is 70.2 cm³/mol. The van der Waals surface area contributed by atoms with E-state index in [9.17, 15) is 10.2 Å². The minimum absolute atomic E-state index is 0.270. The van der Waals surface area contributed by atoms with Crippen molar-refractivity contribution < 1.29 is 10.2 Å². The van der Waals surface area contributed by atoms with Gasteiger partial charge in [-0.25, -0.2) is 0 Å². The van der Waals surface area contributed by atoms with Gasteiger partial charge in [-0.15, -0.1) is 0 Å². The fraction of sp³-hybridized carbons (Fsp3) is 0.400. The zero-order valence-corrected chi connectivity index (χ0v) is 10.4. The number of hydrogen-bond acceptors (Lipinski definition) is 3. The lowest BCUT2D eigenvalue weighted by Crippen LogP contribution is -2.20. The van der Waals surface area contributed by atoms with Crippen LogP contribution in [-0.2, 0) is 0 Å². The van der Waals surface area contributed by atoms with Crippen LogP contribution < -0.4 is 0 Å². The van der Waals surface area contributed by atoms with Crippen molar-refractivity contribution in [3.8, 4) is 0 Å². The standard InChI is InChI=1S/C15H17NO2/c1-9-2-3-11-8-12(6-7-13(11)16-9)15(18)14(17)10-4-5-10/h2-3,6-8,10,14-15,17-18H,4-5H2,1H3. The first-order chi connectivity index (χ1) is 8.65. The molecule has 3 rings (SSSR count). The van der Waals surface area contributed by atoms with Crippen molar-refractivity contribution in [1.29, 1.82) is 0 Å². The number of aromatic nitrogens is 1. The van der Waals surface area contributed by atoms with E-state index in [1.165, 1.54) is 0 Å². The van der Waals surface area contributed by atoms with Crippen LogP contribution in [0.3, 0.4) is 0 Å². The second-order valence-electron chi connectivity index (χ2n) is 5.18. The lowest BCUT2D eigenvalue weighted by molar-refractivity contribution is 0.00492. The highest BCUT2D eigenvalue weighted by Crippen LogP contribution is 2.38. The third kappa shape index (κ3) is 2.11. The molecule has 1 saturated carbocycles. The number of fused-ring (bicyclic) bond motifs is 1. The van der Waals surface area contributed by atoms with Crippen LogP contribution in [0.25, 0.3) is 10.9 Å². The average molecular weight is 243 g/mol. The second-order valence-corrected chi connectivity index (χ2v) is 5.18. The maximum atomic E-state index is 10.1. The molecule has 2 unspecified atom stereocenters. The van der Waals surface area contributed by atoms with Gasteiger partial charge in [0.2, 0.25) is 0 Å². The van der Waals surface area contributed by atoms with E-state index in [1.54, 1.807) is 0 Å². The summed E-state index contributed by atoms with van der Waals surface area (Å²) in [6.45, 7) is 1.96. The highest BCUT2D eigenvalue weighted by Gasteiger charge is 2.35. The fourth-order valence-corrected chi connectivity index (χ4v) is 2.32. The number of benzene rings is 1. The summed E-state index contributed by atoms with van der Waals surface area (Å²) in [7, 11) is 0. The smallest absolute Gasteiger partial charge is 0.105 e. The van der Waals surface area contributed by atoms with Crippen molar-refractivity contribution in [1.82, 2.24) is 4.98 Å². The van der Waals surface area contributed by atoms with E-state index < -0.39 is 12.2 Å². The minimum Gasteiger partial charge on any atom is -0.390 e. The van der Waals surface area contributed by atoms with Crippen LogP contribution in [0.5, 0.6) is 0 Å². The highest BCUT2D eigenvalue weighted by atomic mass is 16.3. The van der Waals surface area contributed by atoms with Crippen molar-refractivity contribution in [2.75, 3.05) is 0 Å². The zero-order valence-electron chi connectivity index (χ0n) is 10.4. The van der Waals surface area contributed by atoms with Crippen molar-refractivity contribution in [2.45, 2.75) is 32.0 Å². The Morgan fingerprint density at radius 2 is 1.94 bits per heavy atom. The van der Waals surface area contributed by atoms with E-state index in [0.717, 1.165) is 35.0 Å². The molecule has 0 spiro atoms. The molecule has 2 aromatic rings. The van der Waals surface area contributed by atoms with E-state index in [4.69, 9.17) is 0 Å². The first kappa shape index (κ1) is 11.6. The Labute approximate surface area is 106 Å². The van der Waals surface area contributed by atoms with Crippen LogP contribution in [0.4, 0.5) is 0 Å². The molecule has 18 heavy (non-hydrogen) atoms. The van der Waals surface area contributed by atoms with Crippen LogP contribution in [-0.4, -0.2) is 21.3 Å². The van der Waals surface area contributed by atoms with Gasteiger partial charge in [0.25, 0.3) is 0 Å². The van der Waals surface area contributed by atoms with Gasteiger partial charge >= 0.3 is 0 Å². The second kappa shape index (κ2) is 4.34. The third-order valence-corrected chi connectivity index (χ3v) is 3.62. The molecule has 0 amide bonds. The lowest BCUT2D eigenvalue weighted by atomic mass is 9.99. The van der Waals surface area contributed by atoms with Crippen molar-refractivity contribution in [2.24, 2.45) is 5.92 Å². The van der Waals surface area contributed by atoms with Crippen molar-refractivity contribution >= 4 is 10.9 Å². The number of aliphatic hydroxyl groups excluding tert-OH is 2. The Balaban J connectivity index is 1.94. The molecule has 94 valence electrons. The van der Waals surface area contributed by atoms with Gasteiger partial charge in [0, 0.05) is 11.1 Å². The monoisotopic (exact) mass is 243 g/mol. The average Bonchev–Trinajstić information content (AvgIpc) is 3.20. The van der Waals surface area contributed by atoms with Crippen molar-refractivity contribution in [3.05, 3.63) is 41.6 Å². The summed E-state index contributed by atoms with van der Waals surface area (Å²) in [6, 6.07) is 9.62. The van der Waals surface area contributed by atoms with Crippen LogP contribution in [0.1, 0.15) is 30.2 Å². The summed E-state index contributed by atoms with van der Waals surface area (Å²) in [5.41, 5.74) is 2.67. The molecule has 1 aromatic carbocycles. The number of nitrogens with zero attached hydrogens (tertiary/aromatic N) is 1. The molecule has 1 heterocycles. The molecule has 1 aliphatic rings. The van der Waals surface area contributed by atoms with Crippen LogP contribution in [0, 0.1) is 12.8 Å². The molecule has 3 heteroatoms.